The van der Waals surface area contributed by atoms with Crippen molar-refractivity contribution >= 4 is 33.3 Å². The minimum absolute atomic E-state index is 0.0425. The average molecular weight is 354 g/mol. The molecule has 1 N–H and O–H groups in total. The second-order valence-electron chi connectivity index (χ2n) is 5.48. The number of nitrogens with zero attached hydrogens (tertiary/aromatic N) is 1. The molecule has 1 heterocycles. The van der Waals surface area contributed by atoms with Crippen LogP contribution in [-0.4, -0.2) is 10.5 Å². The summed E-state index contributed by atoms with van der Waals surface area (Å²) in [7, 11) is 0. The van der Waals surface area contributed by atoms with Gasteiger partial charge in [-0.15, -0.1) is 0 Å². The Bertz CT molecular complexity index is 570. The number of hydrogen-bond donors (Lipinski definition) is 1. The Hall–Kier alpha value is -1.06. The number of nitrogens with one attached hydrogen (secondary N) is 1. The zero-order valence-electron chi connectivity index (χ0n) is 11.7. The van der Waals surface area contributed by atoms with E-state index in [0.29, 0.717) is 5.02 Å². The van der Waals surface area contributed by atoms with Crippen LogP contribution in [0.15, 0.2) is 47.1 Å². The van der Waals surface area contributed by atoms with Crippen LogP contribution in [0, 0.1) is 0 Å². The molecular formula is C16H18BrClN2. The maximum Gasteiger partial charge on any atom is 0.140 e. The van der Waals surface area contributed by atoms with Crippen LogP contribution >= 0.6 is 27.5 Å². The molecule has 0 saturated heterocycles. The number of aryl methyl sites for hydroxylation is 1. The first-order valence-electron chi connectivity index (χ1n) is 6.59. The van der Waals surface area contributed by atoms with E-state index in [-0.39, 0.29) is 5.54 Å². The molecule has 0 radical (unpaired) electrons. The molecule has 1 aromatic heterocycles. The van der Waals surface area contributed by atoms with Crippen LogP contribution in [0.3, 0.4) is 0 Å². The van der Waals surface area contributed by atoms with Gasteiger partial charge in [-0.25, -0.2) is 4.98 Å². The molecular weight excluding hydrogens is 336 g/mol. The van der Waals surface area contributed by atoms with Crippen LogP contribution in [0.4, 0.5) is 5.82 Å². The molecule has 0 aliphatic heterocycles. The molecule has 2 rings (SSSR count). The molecule has 4 heteroatoms. The molecule has 1 aromatic carbocycles. The number of rotatable bonds is 5. The van der Waals surface area contributed by atoms with E-state index in [4.69, 9.17) is 11.6 Å². The van der Waals surface area contributed by atoms with Crippen LogP contribution in [0.5, 0.6) is 0 Å². The molecule has 0 bridgehead atoms. The molecule has 2 nitrogen and oxygen atoms in total. The summed E-state index contributed by atoms with van der Waals surface area (Å²) >= 11 is 9.40. The van der Waals surface area contributed by atoms with Gasteiger partial charge in [-0.2, -0.15) is 0 Å². The SMILES string of the molecule is CC(C)(CCc1ccccc1)Nc1ncc(Cl)cc1Br. The minimum atomic E-state index is -0.0425. The standard InChI is InChI=1S/C16H18BrClN2/c1-16(2,9-8-12-6-4-3-5-7-12)20-15-14(17)10-13(18)11-19-15/h3-7,10-11H,8-9H2,1-2H3,(H,19,20). The molecule has 20 heavy (non-hydrogen) atoms. The van der Waals surface area contributed by atoms with Gasteiger partial charge in [0.15, 0.2) is 0 Å². The first-order valence-corrected chi connectivity index (χ1v) is 7.76. The van der Waals surface area contributed by atoms with E-state index < -0.39 is 0 Å². The lowest BCUT2D eigenvalue weighted by molar-refractivity contribution is 0.516. The molecule has 0 atom stereocenters. The van der Waals surface area contributed by atoms with E-state index in [1.807, 2.05) is 12.1 Å². The van der Waals surface area contributed by atoms with E-state index in [1.165, 1.54) is 5.56 Å². The molecule has 0 aliphatic rings. The average Bonchev–Trinajstić information content (AvgIpc) is 2.41. The number of benzene rings is 1. The van der Waals surface area contributed by atoms with Gasteiger partial charge in [-0.3, -0.25) is 0 Å². The first-order chi connectivity index (χ1) is 9.46. The second-order valence-corrected chi connectivity index (χ2v) is 6.77. The summed E-state index contributed by atoms with van der Waals surface area (Å²) in [5.74, 6) is 0.826. The van der Waals surface area contributed by atoms with Crippen molar-refractivity contribution in [1.82, 2.24) is 4.98 Å². The van der Waals surface area contributed by atoms with E-state index >= 15 is 0 Å². The van der Waals surface area contributed by atoms with Gasteiger partial charge in [0.2, 0.25) is 0 Å². The highest BCUT2D eigenvalue weighted by Crippen LogP contribution is 2.27. The predicted molar refractivity (Wildman–Crippen MR) is 89.4 cm³/mol. The highest BCUT2D eigenvalue weighted by atomic mass is 79.9. The van der Waals surface area contributed by atoms with Crippen molar-refractivity contribution in [3.8, 4) is 0 Å². The number of anilines is 1. The Balaban J connectivity index is 2.00. The van der Waals surface area contributed by atoms with Crippen LogP contribution < -0.4 is 5.32 Å². The summed E-state index contributed by atoms with van der Waals surface area (Å²) in [6.07, 6.45) is 3.71. The fourth-order valence-corrected chi connectivity index (χ4v) is 2.73. The van der Waals surface area contributed by atoms with Gasteiger partial charge in [0, 0.05) is 11.7 Å². The molecule has 0 amide bonds. The predicted octanol–water partition coefficient (Wildman–Crippen LogP) is 5.32. The van der Waals surface area contributed by atoms with Crippen LogP contribution in [0.1, 0.15) is 25.8 Å². The summed E-state index contributed by atoms with van der Waals surface area (Å²) in [6, 6.07) is 12.4. The van der Waals surface area contributed by atoms with Gasteiger partial charge >= 0.3 is 0 Å². The van der Waals surface area contributed by atoms with E-state index in [9.17, 15) is 0 Å². The monoisotopic (exact) mass is 352 g/mol. The zero-order chi connectivity index (χ0) is 14.6. The third kappa shape index (κ3) is 4.50. The Morgan fingerprint density at radius 3 is 2.60 bits per heavy atom. The first kappa shape index (κ1) is 15.3. The number of pyridine rings is 1. The molecule has 106 valence electrons. The summed E-state index contributed by atoms with van der Waals surface area (Å²) < 4.78 is 0.887. The lowest BCUT2D eigenvalue weighted by atomic mass is 9.95. The lowest BCUT2D eigenvalue weighted by Crippen LogP contribution is -2.32. The normalized spacial score (nSPS) is 11.4. The fraction of sp³-hybridized carbons (Fsp3) is 0.312. The van der Waals surface area contributed by atoms with Crippen molar-refractivity contribution in [1.29, 1.82) is 0 Å². The molecule has 0 aliphatic carbocycles. The third-order valence-corrected chi connectivity index (χ3v) is 3.96. The molecule has 2 aromatic rings. The van der Waals surface area contributed by atoms with Gasteiger partial charge in [-0.05, 0) is 54.2 Å². The van der Waals surface area contributed by atoms with Gasteiger partial charge in [0.05, 0.1) is 9.50 Å². The molecule has 0 fully saturated rings. The van der Waals surface area contributed by atoms with Crippen molar-refractivity contribution in [2.24, 2.45) is 0 Å². The zero-order valence-corrected chi connectivity index (χ0v) is 14.0. The van der Waals surface area contributed by atoms with Crippen molar-refractivity contribution in [2.45, 2.75) is 32.2 Å². The van der Waals surface area contributed by atoms with Gasteiger partial charge < -0.3 is 5.32 Å². The Morgan fingerprint density at radius 2 is 1.95 bits per heavy atom. The van der Waals surface area contributed by atoms with Crippen molar-refractivity contribution in [3.63, 3.8) is 0 Å². The molecule has 0 unspecified atom stereocenters. The number of aromatic nitrogens is 1. The van der Waals surface area contributed by atoms with E-state index in [1.54, 1.807) is 6.20 Å². The topological polar surface area (TPSA) is 24.9 Å². The van der Waals surface area contributed by atoms with E-state index in [0.717, 1.165) is 23.1 Å². The van der Waals surface area contributed by atoms with E-state index in [2.05, 4.69) is 64.3 Å². The van der Waals surface area contributed by atoms with Crippen LogP contribution in [0.2, 0.25) is 5.02 Å². The fourth-order valence-electron chi connectivity index (χ4n) is 1.99. The summed E-state index contributed by atoms with van der Waals surface area (Å²) in [4.78, 5) is 4.33. The highest BCUT2D eigenvalue weighted by molar-refractivity contribution is 9.10. The lowest BCUT2D eigenvalue weighted by Gasteiger charge is -2.27. The Morgan fingerprint density at radius 1 is 1.25 bits per heavy atom. The molecule has 0 spiro atoms. The highest BCUT2D eigenvalue weighted by Gasteiger charge is 2.19. The van der Waals surface area contributed by atoms with Crippen molar-refractivity contribution in [3.05, 3.63) is 57.7 Å². The molecule has 0 saturated carbocycles. The quantitative estimate of drug-likeness (QED) is 0.786. The Kier molecular flexibility index (Phi) is 5.06. The van der Waals surface area contributed by atoms with Gasteiger partial charge in [0.25, 0.3) is 0 Å². The Labute approximate surface area is 133 Å². The number of hydrogen-bond acceptors (Lipinski definition) is 2. The summed E-state index contributed by atoms with van der Waals surface area (Å²) in [6.45, 7) is 4.36. The van der Waals surface area contributed by atoms with Crippen LogP contribution in [0.25, 0.3) is 0 Å². The second kappa shape index (κ2) is 6.59. The maximum absolute atomic E-state index is 5.91. The van der Waals surface area contributed by atoms with Gasteiger partial charge in [0.1, 0.15) is 5.82 Å². The third-order valence-electron chi connectivity index (χ3n) is 3.15. The summed E-state index contributed by atoms with van der Waals surface area (Å²) in [5.41, 5.74) is 1.31. The largest absolute Gasteiger partial charge is 0.364 e. The van der Waals surface area contributed by atoms with Crippen molar-refractivity contribution < 1.29 is 0 Å². The maximum atomic E-state index is 5.91. The minimum Gasteiger partial charge on any atom is -0.364 e. The number of halogens is 2. The van der Waals surface area contributed by atoms with Gasteiger partial charge in [-0.1, -0.05) is 41.9 Å². The van der Waals surface area contributed by atoms with Crippen molar-refractivity contribution in [2.75, 3.05) is 5.32 Å². The summed E-state index contributed by atoms with van der Waals surface area (Å²) in [5, 5.41) is 4.10. The smallest absolute Gasteiger partial charge is 0.140 e. The van der Waals surface area contributed by atoms with Crippen LogP contribution in [-0.2, 0) is 6.42 Å².